The zero-order valence-electron chi connectivity index (χ0n) is 18.7. The Hall–Kier alpha value is -4.31. The van der Waals surface area contributed by atoms with Crippen LogP contribution in [0.1, 0.15) is 18.9 Å². The molecule has 0 saturated carbocycles. The third kappa shape index (κ3) is 5.12. The van der Waals surface area contributed by atoms with E-state index in [0.29, 0.717) is 22.8 Å². The van der Waals surface area contributed by atoms with Gasteiger partial charge in [-0.25, -0.2) is 19.2 Å². The quantitative estimate of drug-likeness (QED) is 0.362. The van der Waals surface area contributed by atoms with Gasteiger partial charge in [-0.1, -0.05) is 6.07 Å². The van der Waals surface area contributed by atoms with Crippen molar-refractivity contribution in [2.45, 2.75) is 18.9 Å². The number of ether oxygens (including phenoxy) is 1. The number of rotatable bonds is 6. The molecule has 0 atom stereocenters. The normalized spacial score (nSPS) is 14.0. The lowest BCUT2D eigenvalue weighted by Crippen LogP contribution is -2.29. The Morgan fingerprint density at radius 1 is 1.11 bits per heavy atom. The minimum Gasteiger partial charge on any atom is -0.465 e. The van der Waals surface area contributed by atoms with E-state index in [0.717, 1.165) is 37.2 Å². The van der Waals surface area contributed by atoms with Gasteiger partial charge in [0.05, 0.1) is 23.4 Å². The zero-order valence-corrected chi connectivity index (χ0v) is 18.7. The maximum Gasteiger partial charge on any atom is 0.409 e. The largest absolute Gasteiger partial charge is 0.465 e. The molecule has 35 heavy (non-hydrogen) atoms. The first-order valence-electron chi connectivity index (χ1n) is 11.2. The first-order valence-corrected chi connectivity index (χ1v) is 11.2. The third-order valence-corrected chi connectivity index (χ3v) is 5.78. The summed E-state index contributed by atoms with van der Waals surface area (Å²) in [4.78, 5) is 24.5. The number of benzene rings is 2. The molecule has 2 aromatic heterocycles. The average Bonchev–Trinajstić information content (AvgIpc) is 3.30. The molecular formula is C25H23FN6O3. The van der Waals surface area contributed by atoms with Gasteiger partial charge in [-0.3, -0.25) is 5.32 Å². The van der Waals surface area contributed by atoms with Crippen LogP contribution in [-0.4, -0.2) is 43.8 Å². The van der Waals surface area contributed by atoms with Gasteiger partial charge in [0.1, 0.15) is 11.6 Å². The summed E-state index contributed by atoms with van der Waals surface area (Å²) < 4.78 is 21.5. The molecule has 1 aliphatic heterocycles. The molecule has 3 N–H and O–H groups in total. The number of halogens is 1. The molecule has 0 aliphatic carbocycles. The van der Waals surface area contributed by atoms with Crippen LogP contribution in [0.2, 0.25) is 0 Å². The molecule has 5 rings (SSSR count). The Kier molecular flexibility index (Phi) is 6.36. The van der Waals surface area contributed by atoms with Crippen molar-refractivity contribution in [1.82, 2.24) is 24.8 Å². The standard InChI is InChI=1S/C25H23FN6O3/c26-17-6-4-16(5-7-17)22-23(32(15-29-22)19-8-11-27-12-9-19)21-10-13-28-24(31-21)35-20-3-1-2-18(14-20)30-25(33)34/h1-7,10,13-15,19,27,30H,8-9,11-12H2,(H,33,34). The van der Waals surface area contributed by atoms with Crippen LogP contribution in [-0.2, 0) is 0 Å². The molecule has 10 heteroatoms. The number of imidazole rings is 1. The van der Waals surface area contributed by atoms with Crippen LogP contribution >= 0.6 is 0 Å². The second-order valence-corrected chi connectivity index (χ2v) is 8.12. The number of hydrogen-bond donors (Lipinski definition) is 3. The van der Waals surface area contributed by atoms with E-state index in [1.165, 1.54) is 12.1 Å². The van der Waals surface area contributed by atoms with E-state index in [4.69, 9.17) is 9.84 Å². The van der Waals surface area contributed by atoms with Crippen molar-refractivity contribution >= 4 is 11.8 Å². The molecule has 1 amide bonds. The van der Waals surface area contributed by atoms with E-state index in [2.05, 4.69) is 30.2 Å². The number of amides is 1. The van der Waals surface area contributed by atoms with E-state index < -0.39 is 6.09 Å². The molecule has 0 unspecified atom stereocenters. The minimum absolute atomic E-state index is 0.109. The van der Waals surface area contributed by atoms with E-state index in [9.17, 15) is 9.18 Å². The van der Waals surface area contributed by atoms with Crippen LogP contribution in [0, 0.1) is 5.82 Å². The summed E-state index contributed by atoms with van der Waals surface area (Å²) in [6.07, 6.45) is 4.15. The fourth-order valence-corrected chi connectivity index (χ4v) is 4.18. The number of nitrogens with zero attached hydrogens (tertiary/aromatic N) is 4. The minimum atomic E-state index is -1.17. The van der Waals surface area contributed by atoms with Crippen molar-refractivity contribution in [3.63, 3.8) is 0 Å². The summed E-state index contributed by atoms with van der Waals surface area (Å²) in [7, 11) is 0. The van der Waals surface area contributed by atoms with Crippen LogP contribution in [0.15, 0.2) is 67.1 Å². The maximum absolute atomic E-state index is 13.6. The van der Waals surface area contributed by atoms with E-state index in [-0.39, 0.29) is 17.9 Å². The Labute approximate surface area is 200 Å². The van der Waals surface area contributed by atoms with Gasteiger partial charge in [0, 0.05) is 29.6 Å². The van der Waals surface area contributed by atoms with Gasteiger partial charge >= 0.3 is 12.1 Å². The van der Waals surface area contributed by atoms with Crippen LogP contribution in [0.4, 0.5) is 14.9 Å². The molecule has 1 saturated heterocycles. The highest BCUT2D eigenvalue weighted by atomic mass is 19.1. The number of aromatic nitrogens is 4. The molecule has 178 valence electrons. The van der Waals surface area contributed by atoms with Crippen molar-refractivity contribution in [2.24, 2.45) is 0 Å². The molecule has 4 aromatic rings. The Morgan fingerprint density at radius 3 is 2.69 bits per heavy atom. The number of nitrogens with one attached hydrogen (secondary N) is 2. The highest BCUT2D eigenvalue weighted by Gasteiger charge is 2.23. The lowest BCUT2D eigenvalue weighted by molar-refractivity contribution is 0.209. The highest BCUT2D eigenvalue weighted by Crippen LogP contribution is 2.35. The molecule has 0 spiro atoms. The summed E-state index contributed by atoms with van der Waals surface area (Å²) in [5, 5.41) is 14.6. The molecule has 3 heterocycles. The van der Waals surface area contributed by atoms with Crippen LogP contribution in [0.3, 0.4) is 0 Å². The first-order chi connectivity index (χ1) is 17.1. The summed E-state index contributed by atoms with van der Waals surface area (Å²) >= 11 is 0. The molecule has 2 aromatic carbocycles. The molecule has 0 bridgehead atoms. The van der Waals surface area contributed by atoms with Crippen molar-refractivity contribution in [3.05, 3.63) is 72.9 Å². The predicted octanol–water partition coefficient (Wildman–Crippen LogP) is 4.95. The summed E-state index contributed by atoms with van der Waals surface area (Å²) in [6.45, 7) is 1.82. The number of hydrogen-bond acceptors (Lipinski definition) is 6. The molecule has 0 radical (unpaired) electrons. The van der Waals surface area contributed by atoms with Crippen molar-refractivity contribution in [3.8, 4) is 34.4 Å². The van der Waals surface area contributed by atoms with Gasteiger partial charge in [0.25, 0.3) is 0 Å². The lowest BCUT2D eigenvalue weighted by atomic mass is 10.0. The van der Waals surface area contributed by atoms with E-state index >= 15 is 0 Å². The Balaban J connectivity index is 1.52. The van der Waals surface area contributed by atoms with E-state index in [1.54, 1.807) is 48.7 Å². The maximum atomic E-state index is 13.6. The Bertz CT molecular complexity index is 1340. The monoisotopic (exact) mass is 474 g/mol. The fraction of sp³-hybridized carbons (Fsp3) is 0.200. The smallest absolute Gasteiger partial charge is 0.409 e. The molecule has 9 nitrogen and oxygen atoms in total. The SMILES string of the molecule is O=C(O)Nc1cccc(Oc2nccc(-c3c(-c4ccc(F)cc4)ncn3C3CCNCC3)n2)c1. The number of anilines is 1. The summed E-state index contributed by atoms with van der Waals surface area (Å²) in [6, 6.07) is 14.9. The number of carboxylic acid groups (broad SMARTS) is 1. The molecule has 1 fully saturated rings. The number of piperidine rings is 1. The topological polar surface area (TPSA) is 114 Å². The van der Waals surface area contributed by atoms with E-state index in [1.807, 2.05) is 6.33 Å². The lowest BCUT2D eigenvalue weighted by Gasteiger charge is -2.25. The van der Waals surface area contributed by atoms with Gasteiger partial charge in [0.2, 0.25) is 0 Å². The first kappa shape index (κ1) is 22.5. The number of carbonyl (C=O) groups is 1. The predicted molar refractivity (Wildman–Crippen MR) is 128 cm³/mol. The summed E-state index contributed by atoms with van der Waals surface area (Å²) in [5.74, 6) is 0.0736. The Morgan fingerprint density at radius 2 is 1.91 bits per heavy atom. The second kappa shape index (κ2) is 9.90. The summed E-state index contributed by atoms with van der Waals surface area (Å²) in [5.41, 5.74) is 3.26. The van der Waals surface area contributed by atoms with Crippen molar-refractivity contribution in [1.29, 1.82) is 0 Å². The van der Waals surface area contributed by atoms with Crippen molar-refractivity contribution < 1.29 is 19.0 Å². The van der Waals surface area contributed by atoms with Gasteiger partial charge in [-0.2, -0.15) is 4.98 Å². The second-order valence-electron chi connectivity index (χ2n) is 8.12. The van der Waals surface area contributed by atoms with Crippen molar-refractivity contribution in [2.75, 3.05) is 18.4 Å². The molecule has 1 aliphatic rings. The van der Waals surface area contributed by atoms with Gasteiger partial charge in [-0.05, 0) is 68.4 Å². The molecular weight excluding hydrogens is 451 g/mol. The fourth-order valence-electron chi connectivity index (χ4n) is 4.18. The average molecular weight is 474 g/mol. The highest BCUT2D eigenvalue weighted by molar-refractivity contribution is 5.83. The third-order valence-electron chi connectivity index (χ3n) is 5.78. The van der Waals surface area contributed by atoms with Gasteiger partial charge in [0.15, 0.2) is 0 Å². The van der Waals surface area contributed by atoms with Gasteiger partial charge < -0.3 is 19.7 Å². The zero-order chi connectivity index (χ0) is 24.2. The van der Waals surface area contributed by atoms with Gasteiger partial charge in [-0.15, -0.1) is 0 Å². The van der Waals surface area contributed by atoms with Crippen LogP contribution in [0.25, 0.3) is 22.6 Å². The van der Waals surface area contributed by atoms with Crippen LogP contribution in [0.5, 0.6) is 11.8 Å². The van der Waals surface area contributed by atoms with Crippen LogP contribution < -0.4 is 15.4 Å².